The second-order valence-corrected chi connectivity index (χ2v) is 9.13. The highest BCUT2D eigenvalue weighted by Gasteiger charge is 2.11. The molecule has 0 spiro atoms. The number of para-hydroxylation sites is 2. The molecule has 0 fully saturated rings. The Labute approximate surface area is 237 Å². The number of rotatable bonds is 7. The Morgan fingerprint density at radius 1 is 0.512 bits per heavy atom. The lowest BCUT2D eigenvalue weighted by molar-refractivity contribution is 0.262. The van der Waals surface area contributed by atoms with Crippen LogP contribution >= 0.6 is 0 Å². The molecule has 0 aliphatic rings. The van der Waals surface area contributed by atoms with Crippen molar-refractivity contribution < 1.29 is 4.79 Å². The van der Waals surface area contributed by atoms with E-state index in [0.29, 0.717) is 23.1 Å². The normalized spacial score (nSPS) is 10.5. The van der Waals surface area contributed by atoms with Crippen LogP contribution in [0.2, 0.25) is 0 Å². The average molecular weight is 536 g/mol. The maximum Gasteiger partial charge on any atom is 0.324 e. The van der Waals surface area contributed by atoms with Crippen LogP contribution in [-0.2, 0) is 0 Å². The van der Waals surface area contributed by atoms with E-state index in [-0.39, 0.29) is 0 Å². The number of anilines is 4. The number of carbonyl (C=O) groups is 1. The molecule has 0 saturated carbocycles. The maximum atomic E-state index is 12.8. The highest BCUT2D eigenvalue weighted by molar-refractivity contribution is 6.01. The van der Waals surface area contributed by atoms with Gasteiger partial charge >= 0.3 is 6.03 Å². The molecule has 41 heavy (non-hydrogen) atoms. The van der Waals surface area contributed by atoms with E-state index in [1.54, 1.807) is 18.3 Å². The number of hydrogen-bond donors (Lipinski definition) is 3. The van der Waals surface area contributed by atoms with Crippen molar-refractivity contribution in [1.82, 2.24) is 20.2 Å². The summed E-state index contributed by atoms with van der Waals surface area (Å²) in [7, 11) is 0. The number of benzene rings is 4. The van der Waals surface area contributed by atoms with Crippen LogP contribution in [0.15, 0.2) is 134 Å². The minimum absolute atomic E-state index is 0.335. The van der Waals surface area contributed by atoms with Gasteiger partial charge in [-0.15, -0.1) is 10.2 Å². The Kier molecular flexibility index (Phi) is 7.36. The summed E-state index contributed by atoms with van der Waals surface area (Å²) in [5.74, 6) is 0.744. The van der Waals surface area contributed by atoms with E-state index in [2.05, 4.69) is 55.4 Å². The predicted molar refractivity (Wildman–Crippen MR) is 163 cm³/mol. The molecule has 6 aromatic rings. The molecule has 0 aliphatic carbocycles. The Morgan fingerprint density at radius 3 is 1.83 bits per heavy atom. The van der Waals surface area contributed by atoms with Crippen molar-refractivity contribution in [3.8, 4) is 33.6 Å². The molecule has 8 nitrogen and oxygen atoms in total. The van der Waals surface area contributed by atoms with Crippen LogP contribution in [0.5, 0.6) is 0 Å². The molecule has 2 aromatic heterocycles. The second kappa shape index (κ2) is 11.9. The van der Waals surface area contributed by atoms with Crippen molar-refractivity contribution in [1.29, 1.82) is 0 Å². The summed E-state index contributed by atoms with van der Waals surface area (Å²) in [5.41, 5.74) is 6.92. The number of urea groups is 1. The van der Waals surface area contributed by atoms with Crippen LogP contribution in [0.4, 0.5) is 27.9 Å². The summed E-state index contributed by atoms with van der Waals surface area (Å²) in [5, 5.41) is 17.1. The second-order valence-electron chi connectivity index (χ2n) is 9.13. The zero-order chi connectivity index (χ0) is 27.9. The molecule has 8 heteroatoms. The molecule has 4 aromatic carbocycles. The maximum absolute atomic E-state index is 12.8. The first-order valence-corrected chi connectivity index (χ1v) is 13.0. The first-order chi connectivity index (χ1) is 20.2. The average Bonchev–Trinajstić information content (AvgIpc) is 3.03. The standard InChI is InChI=1S/C33H25N7O/c41-33(38-31-20-19-28(39-40-31)25-11-5-2-6-12-25)37-30-14-8-7-13-29(30)36-32-34-22-21-27(35-32)26-17-15-24(16-18-26)23-9-3-1-4-10-23/h1-22H,(H,34,35,36)(H2,37,38,40,41). The summed E-state index contributed by atoms with van der Waals surface area (Å²) >= 11 is 0. The van der Waals surface area contributed by atoms with Gasteiger partial charge in [0.15, 0.2) is 5.82 Å². The van der Waals surface area contributed by atoms with Gasteiger partial charge in [0.25, 0.3) is 0 Å². The number of aromatic nitrogens is 4. The van der Waals surface area contributed by atoms with Crippen LogP contribution in [0.3, 0.4) is 0 Å². The SMILES string of the molecule is O=C(Nc1ccc(-c2ccccc2)nn1)Nc1ccccc1Nc1nccc(-c2ccc(-c3ccccc3)cc2)n1. The van der Waals surface area contributed by atoms with Crippen LogP contribution < -0.4 is 16.0 Å². The molecule has 6 rings (SSSR count). The van der Waals surface area contributed by atoms with E-state index in [1.165, 1.54) is 0 Å². The third kappa shape index (κ3) is 6.23. The lowest BCUT2D eigenvalue weighted by Crippen LogP contribution is -2.21. The van der Waals surface area contributed by atoms with Crippen molar-refractivity contribution in [3.63, 3.8) is 0 Å². The fourth-order valence-corrected chi connectivity index (χ4v) is 4.30. The number of nitrogens with zero attached hydrogens (tertiary/aromatic N) is 4. The summed E-state index contributed by atoms with van der Waals surface area (Å²) in [6.07, 6.45) is 1.70. The summed E-state index contributed by atoms with van der Waals surface area (Å²) in [4.78, 5) is 21.8. The topological polar surface area (TPSA) is 105 Å². The minimum atomic E-state index is -0.450. The molecule has 0 aliphatic heterocycles. The van der Waals surface area contributed by atoms with Crippen molar-refractivity contribution in [2.24, 2.45) is 0 Å². The zero-order valence-electron chi connectivity index (χ0n) is 21.9. The van der Waals surface area contributed by atoms with Crippen LogP contribution in [-0.4, -0.2) is 26.2 Å². The number of nitrogens with one attached hydrogen (secondary N) is 3. The van der Waals surface area contributed by atoms with Crippen molar-refractivity contribution in [2.75, 3.05) is 16.0 Å². The lowest BCUT2D eigenvalue weighted by Gasteiger charge is -2.13. The Bertz CT molecular complexity index is 1760. The summed E-state index contributed by atoms with van der Waals surface area (Å²) < 4.78 is 0. The number of carbonyl (C=O) groups excluding carboxylic acids is 1. The molecule has 2 heterocycles. The van der Waals surface area contributed by atoms with E-state index in [4.69, 9.17) is 4.98 Å². The Morgan fingerprint density at radius 2 is 1.12 bits per heavy atom. The van der Waals surface area contributed by atoms with E-state index < -0.39 is 6.03 Å². The van der Waals surface area contributed by atoms with Crippen molar-refractivity contribution in [2.45, 2.75) is 0 Å². The smallest absolute Gasteiger partial charge is 0.322 e. The van der Waals surface area contributed by atoms with Gasteiger partial charge in [-0.1, -0.05) is 97.1 Å². The predicted octanol–water partition coefficient (Wildman–Crippen LogP) is 7.66. The third-order valence-corrected chi connectivity index (χ3v) is 6.34. The van der Waals surface area contributed by atoms with E-state index in [1.807, 2.05) is 91.0 Å². The molecular formula is C33H25N7O. The van der Waals surface area contributed by atoms with Crippen molar-refractivity contribution in [3.05, 3.63) is 134 Å². The highest BCUT2D eigenvalue weighted by atomic mass is 16.2. The molecule has 198 valence electrons. The van der Waals surface area contributed by atoms with Gasteiger partial charge in [0.2, 0.25) is 5.95 Å². The molecule has 0 bridgehead atoms. The minimum Gasteiger partial charge on any atom is -0.322 e. The van der Waals surface area contributed by atoms with E-state index in [0.717, 1.165) is 33.6 Å². The van der Waals surface area contributed by atoms with Gasteiger partial charge in [-0.25, -0.2) is 14.8 Å². The monoisotopic (exact) mass is 535 g/mol. The fraction of sp³-hybridized carbons (Fsp3) is 0. The highest BCUT2D eigenvalue weighted by Crippen LogP contribution is 2.27. The van der Waals surface area contributed by atoms with E-state index >= 15 is 0 Å². The Hall–Kier alpha value is -5.89. The largest absolute Gasteiger partial charge is 0.324 e. The molecule has 3 N–H and O–H groups in total. The van der Waals surface area contributed by atoms with Crippen LogP contribution in [0.25, 0.3) is 33.6 Å². The van der Waals surface area contributed by atoms with Gasteiger partial charge in [0.05, 0.1) is 22.8 Å². The van der Waals surface area contributed by atoms with Gasteiger partial charge in [0.1, 0.15) is 0 Å². The van der Waals surface area contributed by atoms with Gasteiger partial charge in [-0.3, -0.25) is 5.32 Å². The number of hydrogen-bond acceptors (Lipinski definition) is 6. The first kappa shape index (κ1) is 25.4. The van der Waals surface area contributed by atoms with Gasteiger partial charge in [-0.2, -0.15) is 0 Å². The third-order valence-electron chi connectivity index (χ3n) is 6.34. The zero-order valence-corrected chi connectivity index (χ0v) is 21.9. The van der Waals surface area contributed by atoms with Crippen LogP contribution in [0.1, 0.15) is 0 Å². The Balaban J connectivity index is 1.13. The number of amides is 2. The molecule has 2 amide bonds. The molecule has 0 saturated heterocycles. The van der Waals surface area contributed by atoms with Crippen LogP contribution in [0, 0.1) is 0 Å². The van der Waals surface area contributed by atoms with Gasteiger partial charge < -0.3 is 10.6 Å². The first-order valence-electron chi connectivity index (χ1n) is 13.0. The quantitative estimate of drug-likeness (QED) is 0.194. The summed E-state index contributed by atoms with van der Waals surface area (Å²) in [6.45, 7) is 0. The van der Waals surface area contributed by atoms with Gasteiger partial charge in [0, 0.05) is 17.3 Å². The van der Waals surface area contributed by atoms with E-state index in [9.17, 15) is 4.79 Å². The molecule has 0 unspecified atom stereocenters. The van der Waals surface area contributed by atoms with Crippen molar-refractivity contribution >= 4 is 29.2 Å². The lowest BCUT2D eigenvalue weighted by atomic mass is 10.0. The summed E-state index contributed by atoms with van der Waals surface area (Å²) in [6, 6.07) is 40.5. The van der Waals surface area contributed by atoms with Gasteiger partial charge in [-0.05, 0) is 41.5 Å². The fourth-order valence-electron chi connectivity index (χ4n) is 4.30. The molecule has 0 radical (unpaired) electrons. The molecule has 0 atom stereocenters. The molecular weight excluding hydrogens is 510 g/mol.